The standard InChI is InChI=1S/C36H25Cl3FN3O3S/c37-24-17-18-31(29(39)19-24)42-36(46)33(22-9-3-1-4-10-22)47-26-14-7-13-25(20-26)41-35(45)32(21-27-28(38)15-8-16-30(27)40)43-34(44)23-11-5-2-6-12-23/h1-21,33H,(H,41,45)(H,42,46)(H,43,44)/b32-21+. The van der Waals surface area contributed by atoms with E-state index >= 15 is 0 Å². The van der Waals surface area contributed by atoms with E-state index in [1.54, 1.807) is 72.8 Å². The van der Waals surface area contributed by atoms with E-state index in [0.29, 0.717) is 31.9 Å². The molecule has 0 fully saturated rings. The maximum atomic E-state index is 14.7. The summed E-state index contributed by atoms with van der Waals surface area (Å²) in [6.07, 6.45) is 1.18. The molecule has 3 N–H and O–H groups in total. The van der Waals surface area contributed by atoms with E-state index in [4.69, 9.17) is 34.8 Å². The Morgan fingerprint density at radius 2 is 1.43 bits per heavy atom. The van der Waals surface area contributed by atoms with Crippen molar-refractivity contribution in [2.45, 2.75) is 10.1 Å². The first-order valence-electron chi connectivity index (χ1n) is 14.1. The summed E-state index contributed by atoms with van der Waals surface area (Å²) in [6.45, 7) is 0. The summed E-state index contributed by atoms with van der Waals surface area (Å²) in [4.78, 5) is 40.8. The number of hydrogen-bond acceptors (Lipinski definition) is 4. The average molecular weight is 705 g/mol. The number of rotatable bonds is 10. The lowest BCUT2D eigenvalue weighted by molar-refractivity contribution is -0.116. The van der Waals surface area contributed by atoms with Crippen LogP contribution in [0.15, 0.2) is 132 Å². The van der Waals surface area contributed by atoms with Crippen molar-refractivity contribution in [3.8, 4) is 0 Å². The van der Waals surface area contributed by atoms with E-state index in [1.165, 1.54) is 36.0 Å². The highest BCUT2D eigenvalue weighted by molar-refractivity contribution is 8.00. The fourth-order valence-electron chi connectivity index (χ4n) is 4.41. The second-order valence-electron chi connectivity index (χ2n) is 10.0. The zero-order valence-electron chi connectivity index (χ0n) is 24.3. The molecule has 0 spiro atoms. The topological polar surface area (TPSA) is 87.3 Å². The van der Waals surface area contributed by atoms with Gasteiger partial charge in [-0.1, -0.05) is 95.5 Å². The highest BCUT2D eigenvalue weighted by Gasteiger charge is 2.24. The van der Waals surface area contributed by atoms with E-state index in [-0.39, 0.29) is 22.2 Å². The van der Waals surface area contributed by atoms with Gasteiger partial charge in [0.2, 0.25) is 5.91 Å². The number of hydrogen-bond donors (Lipinski definition) is 3. The fraction of sp³-hybridized carbons (Fsp3) is 0.0278. The van der Waals surface area contributed by atoms with Crippen molar-refractivity contribution in [1.82, 2.24) is 5.32 Å². The van der Waals surface area contributed by atoms with Crippen molar-refractivity contribution in [3.05, 3.63) is 165 Å². The van der Waals surface area contributed by atoms with Crippen LogP contribution in [0, 0.1) is 5.82 Å². The van der Waals surface area contributed by atoms with Crippen LogP contribution < -0.4 is 16.0 Å². The first-order chi connectivity index (χ1) is 22.7. The third-order valence-corrected chi connectivity index (χ3v) is 8.82. The quantitative estimate of drug-likeness (QED) is 0.0998. The Bertz CT molecular complexity index is 1940. The number of carbonyl (C=O) groups is 3. The second-order valence-corrected chi connectivity index (χ2v) is 12.4. The summed E-state index contributed by atoms with van der Waals surface area (Å²) in [5.41, 5.74) is 1.53. The van der Waals surface area contributed by atoms with Gasteiger partial charge < -0.3 is 16.0 Å². The van der Waals surface area contributed by atoms with Gasteiger partial charge >= 0.3 is 0 Å². The van der Waals surface area contributed by atoms with E-state index < -0.39 is 22.9 Å². The van der Waals surface area contributed by atoms with Crippen molar-refractivity contribution >= 4 is 81.7 Å². The number of carbonyl (C=O) groups excluding carboxylic acids is 3. The summed E-state index contributed by atoms with van der Waals surface area (Å²) in [7, 11) is 0. The largest absolute Gasteiger partial charge is 0.323 e. The summed E-state index contributed by atoms with van der Waals surface area (Å²) < 4.78 is 14.7. The van der Waals surface area contributed by atoms with Crippen LogP contribution in [0.5, 0.6) is 0 Å². The van der Waals surface area contributed by atoms with Crippen molar-refractivity contribution in [2.24, 2.45) is 0 Å². The molecule has 0 radical (unpaired) electrons. The normalized spacial score (nSPS) is 11.8. The average Bonchev–Trinajstić information content (AvgIpc) is 3.07. The Balaban J connectivity index is 1.40. The smallest absolute Gasteiger partial charge is 0.272 e. The maximum Gasteiger partial charge on any atom is 0.272 e. The fourth-order valence-corrected chi connectivity index (χ4v) is 6.16. The molecule has 0 bridgehead atoms. The number of amides is 3. The Morgan fingerprint density at radius 3 is 2.13 bits per heavy atom. The van der Waals surface area contributed by atoms with Crippen LogP contribution in [-0.2, 0) is 9.59 Å². The Labute approximate surface area is 289 Å². The molecule has 0 saturated carbocycles. The van der Waals surface area contributed by atoms with Crippen LogP contribution >= 0.6 is 46.6 Å². The van der Waals surface area contributed by atoms with Crippen molar-refractivity contribution in [1.29, 1.82) is 0 Å². The van der Waals surface area contributed by atoms with Gasteiger partial charge in [-0.2, -0.15) is 0 Å². The van der Waals surface area contributed by atoms with Crippen molar-refractivity contribution in [3.63, 3.8) is 0 Å². The van der Waals surface area contributed by atoms with Gasteiger partial charge in [0.1, 0.15) is 16.8 Å². The molecule has 3 amide bonds. The molecule has 5 rings (SSSR count). The van der Waals surface area contributed by atoms with Gasteiger partial charge in [-0.05, 0) is 72.3 Å². The minimum Gasteiger partial charge on any atom is -0.323 e. The van der Waals surface area contributed by atoms with Gasteiger partial charge in [-0.15, -0.1) is 11.8 Å². The van der Waals surface area contributed by atoms with Gasteiger partial charge in [0.25, 0.3) is 11.8 Å². The molecule has 236 valence electrons. The zero-order valence-corrected chi connectivity index (χ0v) is 27.4. The molecule has 0 aliphatic carbocycles. The minimum atomic E-state index is -0.717. The van der Waals surface area contributed by atoms with Gasteiger partial charge in [-0.3, -0.25) is 14.4 Å². The SMILES string of the molecule is O=C(Nc1cccc(SC(C(=O)Nc2ccc(Cl)cc2Cl)c2ccccc2)c1)/C(=C\c1c(F)cccc1Cl)NC(=O)c1ccccc1. The van der Waals surface area contributed by atoms with E-state index in [9.17, 15) is 18.8 Å². The van der Waals surface area contributed by atoms with E-state index in [2.05, 4.69) is 16.0 Å². The molecule has 0 heterocycles. The molecule has 5 aromatic rings. The van der Waals surface area contributed by atoms with Gasteiger partial charge in [-0.25, -0.2) is 4.39 Å². The first kappa shape index (κ1) is 33.8. The van der Waals surface area contributed by atoms with Gasteiger partial charge in [0, 0.05) is 26.7 Å². The molecule has 0 aliphatic heterocycles. The lowest BCUT2D eigenvalue weighted by Gasteiger charge is -2.18. The number of halogens is 4. The van der Waals surface area contributed by atoms with Crippen LogP contribution in [-0.4, -0.2) is 17.7 Å². The summed E-state index contributed by atoms with van der Waals surface area (Å²) in [5.74, 6) is -2.28. The molecule has 0 saturated heterocycles. The first-order valence-corrected chi connectivity index (χ1v) is 16.1. The van der Waals surface area contributed by atoms with Crippen LogP contribution in [0.25, 0.3) is 6.08 Å². The Hall–Kier alpha value is -4.60. The van der Waals surface area contributed by atoms with Gasteiger partial charge in [0.15, 0.2) is 0 Å². The molecule has 0 aliphatic rings. The molecular weight excluding hydrogens is 680 g/mol. The van der Waals surface area contributed by atoms with E-state index in [0.717, 1.165) is 5.56 Å². The van der Waals surface area contributed by atoms with Crippen molar-refractivity contribution < 1.29 is 18.8 Å². The van der Waals surface area contributed by atoms with Crippen LogP contribution in [0.1, 0.15) is 26.7 Å². The third-order valence-electron chi connectivity index (χ3n) is 6.69. The van der Waals surface area contributed by atoms with Gasteiger partial charge in [0.05, 0.1) is 15.7 Å². The minimum absolute atomic E-state index is 0.0607. The predicted molar refractivity (Wildman–Crippen MR) is 188 cm³/mol. The number of benzene rings is 5. The third kappa shape index (κ3) is 9.02. The highest BCUT2D eigenvalue weighted by Crippen LogP contribution is 2.38. The number of nitrogens with one attached hydrogen (secondary N) is 3. The van der Waals surface area contributed by atoms with Crippen LogP contribution in [0.4, 0.5) is 15.8 Å². The molecule has 6 nitrogen and oxygen atoms in total. The summed E-state index contributed by atoms with van der Waals surface area (Å²) in [5, 5.41) is 8.32. The monoisotopic (exact) mass is 703 g/mol. The predicted octanol–water partition coefficient (Wildman–Crippen LogP) is 9.67. The Morgan fingerprint density at radius 1 is 0.723 bits per heavy atom. The molecule has 5 aromatic carbocycles. The lowest BCUT2D eigenvalue weighted by Crippen LogP contribution is -2.30. The summed E-state index contributed by atoms with van der Waals surface area (Å²) in [6, 6.07) is 33.3. The van der Waals surface area contributed by atoms with E-state index in [1.807, 2.05) is 30.3 Å². The number of anilines is 2. The second kappa shape index (κ2) is 15.8. The number of thioether (sulfide) groups is 1. The van der Waals surface area contributed by atoms with Crippen LogP contribution in [0.2, 0.25) is 15.1 Å². The highest BCUT2D eigenvalue weighted by atomic mass is 35.5. The van der Waals surface area contributed by atoms with Crippen molar-refractivity contribution in [2.75, 3.05) is 10.6 Å². The molecule has 0 aromatic heterocycles. The Kier molecular flexibility index (Phi) is 11.3. The molecular formula is C36H25Cl3FN3O3S. The molecule has 11 heteroatoms. The molecule has 1 unspecified atom stereocenters. The lowest BCUT2D eigenvalue weighted by atomic mass is 10.1. The molecule has 1 atom stereocenters. The van der Waals surface area contributed by atoms with Crippen LogP contribution in [0.3, 0.4) is 0 Å². The summed E-state index contributed by atoms with van der Waals surface area (Å²) >= 11 is 19.8. The molecule has 47 heavy (non-hydrogen) atoms. The zero-order chi connectivity index (χ0) is 33.3. The maximum absolute atomic E-state index is 14.7.